The van der Waals surface area contributed by atoms with E-state index in [9.17, 15) is 0 Å². The van der Waals surface area contributed by atoms with Crippen molar-refractivity contribution < 1.29 is 4.90 Å². The zero-order chi connectivity index (χ0) is 16.1. The molecule has 0 bridgehead atoms. The quantitative estimate of drug-likeness (QED) is 0.742. The van der Waals surface area contributed by atoms with Crippen LogP contribution in [0.15, 0.2) is 48.5 Å². The van der Waals surface area contributed by atoms with Gasteiger partial charge in [-0.25, -0.2) is 0 Å². The first kappa shape index (κ1) is 14.3. The minimum atomic E-state index is 0.676. The Labute approximate surface area is 143 Å². The molecule has 5 rings (SSSR count). The molecule has 2 nitrogen and oxygen atoms in total. The van der Waals surface area contributed by atoms with Gasteiger partial charge in [0.25, 0.3) is 0 Å². The second-order valence-electron chi connectivity index (χ2n) is 7.55. The number of hydrogen-bond acceptors (Lipinski definition) is 0. The largest absolute Gasteiger partial charge is 0.334 e. The molecule has 1 aliphatic carbocycles. The van der Waals surface area contributed by atoms with Crippen LogP contribution in [0.4, 0.5) is 0 Å². The first-order chi connectivity index (χ1) is 11.8. The van der Waals surface area contributed by atoms with Crippen LogP contribution < -0.4 is 4.90 Å². The number of hydrogen-bond donors (Lipinski definition) is 1. The van der Waals surface area contributed by atoms with Crippen molar-refractivity contribution in [3.05, 3.63) is 70.9 Å². The van der Waals surface area contributed by atoms with Crippen molar-refractivity contribution in [2.24, 2.45) is 0 Å². The van der Waals surface area contributed by atoms with E-state index in [2.05, 4.69) is 60.0 Å². The van der Waals surface area contributed by atoms with Gasteiger partial charge in [0, 0.05) is 22.9 Å². The summed E-state index contributed by atoms with van der Waals surface area (Å²) in [5.41, 5.74) is 7.63. The number of nitrogens with one attached hydrogen (secondary N) is 1. The Morgan fingerprint density at radius 2 is 2.00 bits per heavy atom. The summed E-state index contributed by atoms with van der Waals surface area (Å²) < 4.78 is 2.64. The summed E-state index contributed by atoms with van der Waals surface area (Å²) in [5, 5.41) is 1.52. The van der Waals surface area contributed by atoms with E-state index >= 15 is 0 Å². The molecule has 1 aliphatic heterocycles. The highest BCUT2D eigenvalue weighted by molar-refractivity contribution is 5.86. The fraction of sp³-hybridized carbons (Fsp3) is 0.364. The van der Waals surface area contributed by atoms with Gasteiger partial charge < -0.3 is 9.47 Å². The highest BCUT2D eigenvalue weighted by Crippen LogP contribution is 2.37. The minimum Gasteiger partial charge on any atom is -0.334 e. The summed E-state index contributed by atoms with van der Waals surface area (Å²) >= 11 is 0. The number of aromatic nitrogens is 1. The number of benzene rings is 2. The normalized spacial score (nSPS) is 22.5. The fourth-order valence-electron chi connectivity index (χ4n) is 4.98. The molecule has 0 spiro atoms. The van der Waals surface area contributed by atoms with Crippen LogP contribution in [0, 0.1) is 6.92 Å². The van der Waals surface area contributed by atoms with Crippen LogP contribution in [-0.2, 0) is 19.5 Å². The third-order valence-corrected chi connectivity index (χ3v) is 6.04. The molecule has 2 unspecified atom stereocenters. The Morgan fingerprint density at radius 3 is 2.88 bits per heavy atom. The van der Waals surface area contributed by atoms with Crippen molar-refractivity contribution in [3.8, 4) is 0 Å². The van der Waals surface area contributed by atoms with Crippen LogP contribution >= 0.6 is 0 Å². The predicted molar refractivity (Wildman–Crippen MR) is 98.3 cm³/mol. The van der Waals surface area contributed by atoms with Crippen LogP contribution in [0.1, 0.15) is 41.3 Å². The maximum atomic E-state index is 2.64. The second kappa shape index (κ2) is 5.49. The van der Waals surface area contributed by atoms with Crippen molar-refractivity contribution in [2.45, 2.75) is 45.3 Å². The Balaban J connectivity index is 1.60. The highest BCUT2D eigenvalue weighted by Gasteiger charge is 2.37. The van der Waals surface area contributed by atoms with E-state index in [0.29, 0.717) is 6.04 Å². The molecule has 2 atom stereocenters. The average molecular weight is 317 g/mol. The lowest BCUT2D eigenvalue weighted by molar-refractivity contribution is -0.950. The van der Waals surface area contributed by atoms with Crippen molar-refractivity contribution >= 4 is 10.9 Å². The van der Waals surface area contributed by atoms with E-state index in [-0.39, 0.29) is 0 Å². The Hall–Kier alpha value is -2.06. The van der Waals surface area contributed by atoms with Gasteiger partial charge in [0.05, 0.1) is 18.8 Å². The molecule has 2 aromatic carbocycles. The van der Waals surface area contributed by atoms with Crippen LogP contribution in [0.5, 0.6) is 0 Å². The lowest BCUT2D eigenvalue weighted by Gasteiger charge is -2.37. The molecule has 2 aliphatic rings. The molecule has 2 heterocycles. The summed E-state index contributed by atoms with van der Waals surface area (Å²) in [7, 11) is 0. The maximum absolute atomic E-state index is 2.64. The number of nitrogens with zero attached hydrogens (tertiary/aromatic N) is 1. The van der Waals surface area contributed by atoms with Gasteiger partial charge in [0.1, 0.15) is 12.6 Å². The first-order valence-electron chi connectivity index (χ1n) is 9.31. The smallest absolute Gasteiger partial charge is 0.129 e. The first-order valence-corrected chi connectivity index (χ1v) is 9.31. The van der Waals surface area contributed by atoms with Gasteiger partial charge in [-0.3, -0.25) is 0 Å². The second-order valence-corrected chi connectivity index (χ2v) is 7.55. The highest BCUT2D eigenvalue weighted by atomic mass is 15.2. The lowest BCUT2D eigenvalue weighted by atomic mass is 9.89. The van der Waals surface area contributed by atoms with Gasteiger partial charge in [0.15, 0.2) is 0 Å². The van der Waals surface area contributed by atoms with Crippen molar-refractivity contribution in [3.63, 3.8) is 0 Å². The molecular weight excluding hydrogens is 292 g/mol. The molecule has 0 saturated heterocycles. The maximum Gasteiger partial charge on any atom is 0.129 e. The van der Waals surface area contributed by atoms with E-state index in [1.165, 1.54) is 47.8 Å². The average Bonchev–Trinajstić information content (AvgIpc) is 2.93. The minimum absolute atomic E-state index is 0.676. The van der Waals surface area contributed by atoms with Gasteiger partial charge in [-0.1, -0.05) is 42.0 Å². The fourth-order valence-corrected chi connectivity index (χ4v) is 4.98. The Bertz CT molecular complexity index is 891. The van der Waals surface area contributed by atoms with Crippen LogP contribution in [0.2, 0.25) is 0 Å². The third-order valence-electron chi connectivity index (χ3n) is 6.04. The Kier molecular flexibility index (Phi) is 3.27. The summed E-state index contributed by atoms with van der Waals surface area (Å²) in [6, 6.07) is 18.7. The van der Waals surface area contributed by atoms with Gasteiger partial charge in [-0.05, 0) is 37.5 Å². The van der Waals surface area contributed by atoms with Crippen LogP contribution in [0.3, 0.4) is 0 Å². The van der Waals surface area contributed by atoms with Crippen LogP contribution in [-0.4, -0.2) is 11.1 Å². The van der Waals surface area contributed by atoms with E-state index in [0.717, 1.165) is 13.1 Å². The van der Waals surface area contributed by atoms with E-state index < -0.39 is 0 Å². The number of quaternary nitrogens is 1. The number of rotatable bonds is 2. The number of fused-ring (bicyclic) bond motifs is 3. The molecule has 24 heavy (non-hydrogen) atoms. The number of aryl methyl sites for hydroxylation is 2. The molecule has 0 amide bonds. The van der Waals surface area contributed by atoms with Crippen LogP contribution in [0.25, 0.3) is 10.9 Å². The van der Waals surface area contributed by atoms with Gasteiger partial charge in [-0.2, -0.15) is 0 Å². The van der Waals surface area contributed by atoms with Gasteiger partial charge >= 0.3 is 0 Å². The van der Waals surface area contributed by atoms with Gasteiger partial charge in [0.2, 0.25) is 0 Å². The molecule has 2 heteroatoms. The van der Waals surface area contributed by atoms with E-state index in [1.807, 2.05) is 0 Å². The zero-order valence-corrected chi connectivity index (χ0v) is 14.4. The van der Waals surface area contributed by atoms with Crippen molar-refractivity contribution in [1.29, 1.82) is 0 Å². The molecule has 122 valence electrons. The van der Waals surface area contributed by atoms with E-state index in [1.54, 1.807) is 16.2 Å². The summed E-state index contributed by atoms with van der Waals surface area (Å²) in [5.74, 6) is 0. The Morgan fingerprint density at radius 1 is 1.12 bits per heavy atom. The summed E-state index contributed by atoms with van der Waals surface area (Å²) in [6.07, 6.45) is 3.94. The summed E-state index contributed by atoms with van der Waals surface area (Å²) in [6.45, 7) is 5.78. The zero-order valence-electron chi connectivity index (χ0n) is 14.4. The molecule has 1 N–H and O–H groups in total. The van der Waals surface area contributed by atoms with Crippen molar-refractivity contribution in [2.75, 3.05) is 6.54 Å². The lowest BCUT2D eigenvalue weighted by Crippen LogP contribution is -3.12. The van der Waals surface area contributed by atoms with Gasteiger partial charge in [-0.15, -0.1) is 0 Å². The predicted octanol–water partition coefficient (Wildman–Crippen LogP) is 3.43. The van der Waals surface area contributed by atoms with Crippen molar-refractivity contribution in [1.82, 2.24) is 4.57 Å². The summed E-state index contributed by atoms with van der Waals surface area (Å²) in [4.78, 5) is 1.76. The SMILES string of the molecule is Cc1ccc2c(c1)c1c3n2CC[NH+](Cc2ccccc2)C3CCC1. The molecule has 0 fully saturated rings. The molecular formula is C22H25N2+. The molecule has 0 radical (unpaired) electrons. The topological polar surface area (TPSA) is 9.37 Å². The molecule has 1 aromatic heterocycles. The third kappa shape index (κ3) is 2.13. The molecule has 3 aromatic rings. The molecule has 0 saturated carbocycles. The standard InChI is InChI=1S/C22H24N2/c1-16-10-11-20-19(14-16)18-8-5-9-21-22(18)24(20)13-12-23(21)15-17-6-3-2-4-7-17/h2-4,6-7,10-11,14,21H,5,8-9,12-13,15H2,1H3/p+1. The van der Waals surface area contributed by atoms with E-state index in [4.69, 9.17) is 0 Å². The monoisotopic (exact) mass is 317 g/mol.